The van der Waals surface area contributed by atoms with Crippen LogP contribution in [-0.4, -0.2) is 128 Å². The van der Waals surface area contributed by atoms with E-state index in [-0.39, 0.29) is 59.3 Å². The zero-order valence-electron chi connectivity index (χ0n) is 20.9. The Morgan fingerprint density at radius 3 is 2.75 bits per heavy atom. The third kappa shape index (κ3) is 5.30. The Balaban J connectivity index is 0.00000323. The fraction of sp³-hybridized carbons (Fsp3) is 0.458. The zero-order valence-corrected chi connectivity index (χ0v) is 22.5. The van der Waals surface area contributed by atoms with Gasteiger partial charge in [0.25, 0.3) is 11.7 Å². The van der Waals surface area contributed by atoms with Crippen molar-refractivity contribution < 1.29 is 29.4 Å². The van der Waals surface area contributed by atoms with Gasteiger partial charge in [0.05, 0.1) is 5.75 Å². The van der Waals surface area contributed by atoms with Crippen molar-refractivity contribution >= 4 is 82.5 Å². The van der Waals surface area contributed by atoms with Crippen LogP contribution >= 0.6 is 23.5 Å². The molecule has 0 bridgehead atoms. The molecule has 0 spiro atoms. The van der Waals surface area contributed by atoms with Gasteiger partial charge < -0.3 is 20.4 Å². The summed E-state index contributed by atoms with van der Waals surface area (Å²) in [6.45, 7) is 2.08. The second-order valence-corrected chi connectivity index (χ2v) is 11.8. The van der Waals surface area contributed by atoms with Crippen molar-refractivity contribution in [2.24, 2.45) is 0 Å². The number of rotatable bonds is 8. The topological polar surface area (TPSA) is 170 Å². The Labute approximate surface area is 259 Å². The Bertz CT molecular complexity index is 1490. The number of β-lactam (4-membered cyclic amide) rings is 1. The van der Waals surface area contributed by atoms with Gasteiger partial charge in [-0.3, -0.25) is 19.3 Å². The second kappa shape index (κ2) is 11.4. The zero-order chi connectivity index (χ0) is 27.4. The molecule has 0 radical (unpaired) electrons. The first-order valence-electron chi connectivity index (χ1n) is 12.4. The molecule has 3 N–H and O–H groups in total. The van der Waals surface area contributed by atoms with Crippen molar-refractivity contribution in [3.63, 3.8) is 0 Å². The number of nitrogens with one attached hydrogen (secondary N) is 1. The number of carbonyl (C=O) groups excluding carboxylic acids is 3. The number of hydrogen-bond acceptors (Lipinski definition) is 10. The van der Waals surface area contributed by atoms with Crippen molar-refractivity contribution in [1.82, 2.24) is 34.7 Å². The summed E-state index contributed by atoms with van der Waals surface area (Å²) in [7, 11) is 0. The van der Waals surface area contributed by atoms with Gasteiger partial charge in [0, 0.05) is 29.6 Å². The fourth-order valence-corrected chi connectivity index (χ4v) is 7.15. The number of carboxylic acids is 1. The van der Waals surface area contributed by atoms with Crippen LogP contribution in [0.3, 0.4) is 0 Å². The number of aryl methyl sites for hydroxylation is 1. The molecule has 13 nitrogen and oxygen atoms in total. The van der Waals surface area contributed by atoms with E-state index in [0.717, 1.165) is 12.8 Å². The molecule has 2 saturated heterocycles. The number of allylic oxidation sites excluding steroid dienone is 1. The molecule has 4 aliphatic rings. The molecule has 2 aromatic rings. The average molecular weight is 596 g/mol. The summed E-state index contributed by atoms with van der Waals surface area (Å²) in [5.74, 6) is -1.38. The summed E-state index contributed by atoms with van der Waals surface area (Å²) >= 11 is 2.54. The third-order valence-corrected chi connectivity index (χ3v) is 9.25. The Hall–Kier alpha value is -2.43. The fourth-order valence-electron chi connectivity index (χ4n) is 4.99. The Morgan fingerprint density at radius 1 is 1.27 bits per heavy atom. The summed E-state index contributed by atoms with van der Waals surface area (Å²) < 4.78 is 1.45. The molecule has 2 atom stereocenters. The van der Waals surface area contributed by atoms with Gasteiger partial charge in [0.1, 0.15) is 28.7 Å². The minimum atomic E-state index is -1.24. The van der Waals surface area contributed by atoms with Crippen LogP contribution in [0.1, 0.15) is 30.8 Å². The molecule has 206 valence electrons. The van der Waals surface area contributed by atoms with E-state index in [1.807, 2.05) is 4.90 Å². The molecule has 6 rings (SSSR count). The van der Waals surface area contributed by atoms with Crippen LogP contribution in [-0.2, 0) is 25.8 Å². The summed E-state index contributed by atoms with van der Waals surface area (Å²) in [6.07, 6.45) is 4.20. The number of carboxylic acid groups (broad SMARTS) is 1. The van der Waals surface area contributed by atoms with Crippen LogP contribution in [0.15, 0.2) is 34.0 Å². The van der Waals surface area contributed by atoms with Crippen molar-refractivity contribution in [3.8, 4) is 0 Å². The van der Waals surface area contributed by atoms with Crippen LogP contribution in [0.25, 0.3) is 5.78 Å². The first-order chi connectivity index (χ1) is 18.7. The molecule has 16 heteroatoms. The van der Waals surface area contributed by atoms with Crippen molar-refractivity contribution in [1.29, 1.82) is 0 Å². The van der Waals surface area contributed by atoms with Gasteiger partial charge in [-0.2, -0.15) is 9.50 Å². The number of amides is 3. The van der Waals surface area contributed by atoms with E-state index in [9.17, 15) is 29.4 Å². The number of nitrogens with zero attached hydrogens (tertiary/aromatic N) is 6. The van der Waals surface area contributed by atoms with Crippen LogP contribution in [0.2, 0.25) is 0 Å². The van der Waals surface area contributed by atoms with E-state index in [2.05, 4.69) is 20.4 Å². The first-order valence-corrected chi connectivity index (χ1v) is 14.5. The maximum atomic E-state index is 13.0. The van der Waals surface area contributed by atoms with Crippen LogP contribution in [0, 0.1) is 6.92 Å². The van der Waals surface area contributed by atoms with Gasteiger partial charge >= 0.3 is 35.5 Å². The predicted octanol–water partition coefficient (Wildman–Crippen LogP) is -0.572. The van der Waals surface area contributed by atoms with E-state index in [1.165, 1.54) is 32.9 Å². The molecule has 3 amide bonds. The number of fused-ring (bicyclic) bond motifs is 2. The summed E-state index contributed by atoms with van der Waals surface area (Å²) in [5.41, 5.74) is 1.55. The number of likely N-dealkylation sites (tertiary alicyclic amines) is 1. The maximum absolute atomic E-state index is 13.0. The number of aliphatic carboxylic acids is 1. The second-order valence-electron chi connectivity index (χ2n) is 9.71. The van der Waals surface area contributed by atoms with Crippen molar-refractivity contribution in [3.05, 3.63) is 40.5 Å². The molecule has 0 aromatic carbocycles. The SMILES string of the molecule is Cc1cc(SCC(=O)N[C@@H]2C(=O)N3C(C(=O)O)=C(/C=C4\CCN(C5CC5)C4=O)CS[C@H]23)n2nc(CO)nc2n1.[NaH]. The predicted molar refractivity (Wildman–Crippen MR) is 146 cm³/mol. The Kier molecular flexibility index (Phi) is 8.32. The summed E-state index contributed by atoms with van der Waals surface area (Å²) in [6, 6.07) is 1.19. The van der Waals surface area contributed by atoms with E-state index < -0.39 is 29.2 Å². The molecular weight excluding hydrogens is 569 g/mol. The molecule has 0 unspecified atom stereocenters. The molecule has 2 aromatic heterocycles. The summed E-state index contributed by atoms with van der Waals surface area (Å²) in [4.78, 5) is 62.1. The van der Waals surface area contributed by atoms with Crippen molar-refractivity contribution in [2.45, 2.75) is 55.3 Å². The number of aliphatic hydroxyl groups is 1. The van der Waals surface area contributed by atoms with Crippen LogP contribution < -0.4 is 5.32 Å². The number of aromatic nitrogens is 4. The van der Waals surface area contributed by atoms with Crippen LogP contribution in [0.4, 0.5) is 0 Å². The monoisotopic (exact) mass is 595 g/mol. The van der Waals surface area contributed by atoms with E-state index >= 15 is 0 Å². The van der Waals surface area contributed by atoms with Crippen molar-refractivity contribution in [2.75, 3.05) is 18.1 Å². The number of thioether (sulfide) groups is 2. The van der Waals surface area contributed by atoms with E-state index in [0.29, 0.717) is 52.4 Å². The Morgan fingerprint density at radius 2 is 2.05 bits per heavy atom. The van der Waals surface area contributed by atoms with Gasteiger partial charge in [0.2, 0.25) is 11.8 Å². The first kappa shape index (κ1) is 29.1. The number of aliphatic hydroxyl groups excluding tert-OH is 1. The van der Waals surface area contributed by atoms with Gasteiger partial charge in [-0.15, -0.1) is 16.9 Å². The molecule has 3 fully saturated rings. The van der Waals surface area contributed by atoms with Gasteiger partial charge in [-0.05, 0) is 43.9 Å². The molecule has 5 heterocycles. The van der Waals surface area contributed by atoms with Gasteiger partial charge in [-0.25, -0.2) is 9.78 Å². The number of carbonyl (C=O) groups is 4. The van der Waals surface area contributed by atoms with E-state index in [1.54, 1.807) is 19.1 Å². The molecule has 40 heavy (non-hydrogen) atoms. The third-order valence-electron chi connectivity index (χ3n) is 6.95. The molecular formula is C24H26N7NaO6S2. The number of hydrogen-bond donors (Lipinski definition) is 3. The van der Waals surface area contributed by atoms with Gasteiger partial charge in [-0.1, -0.05) is 11.8 Å². The average Bonchev–Trinajstić information content (AvgIpc) is 3.57. The standard InChI is InChI=1S/C24H25N7O6S2.Na.H/c1-11-6-17(31-24(25-11)26-15(8-32)28-31)38-10-16(33)27-18-21(35)30-19(23(36)37)13(9-39-22(18)30)7-12-4-5-29(20(12)34)14-2-3-14;;/h6-7,14,18,22,32H,2-5,8-10H2,1H3,(H,27,33)(H,36,37);;/b12-7+;;/t18-,22-;;/m1../s1. The normalized spacial score (nSPS) is 23.4. The molecule has 1 aliphatic carbocycles. The van der Waals surface area contributed by atoms with Crippen LogP contribution in [0.5, 0.6) is 0 Å². The molecule has 1 saturated carbocycles. The van der Waals surface area contributed by atoms with E-state index in [4.69, 9.17) is 0 Å². The molecule has 3 aliphatic heterocycles. The quantitative estimate of drug-likeness (QED) is 0.117. The summed E-state index contributed by atoms with van der Waals surface area (Å²) in [5, 5.41) is 26.2. The van der Waals surface area contributed by atoms with Gasteiger partial charge in [0.15, 0.2) is 5.82 Å². The minimum absolute atomic E-state index is 0.